The van der Waals surface area contributed by atoms with Crippen molar-refractivity contribution in [3.63, 3.8) is 0 Å². The van der Waals surface area contributed by atoms with Crippen LogP contribution in [-0.2, 0) is 16.0 Å². The second-order valence-electron chi connectivity index (χ2n) is 14.2. The predicted octanol–water partition coefficient (Wildman–Crippen LogP) is 3.66. The van der Waals surface area contributed by atoms with Gasteiger partial charge in [-0.25, -0.2) is 14.3 Å². The van der Waals surface area contributed by atoms with Crippen molar-refractivity contribution in [3.05, 3.63) is 111 Å². The van der Waals surface area contributed by atoms with Crippen LogP contribution in [0, 0.1) is 5.82 Å². The van der Waals surface area contributed by atoms with Gasteiger partial charge in [-0.1, -0.05) is 42.5 Å². The third kappa shape index (κ3) is 10.0. The molecule has 1 unspecified atom stereocenters. The fourth-order valence-corrected chi connectivity index (χ4v) is 6.27. The zero-order valence-corrected chi connectivity index (χ0v) is 30.5. The topological polar surface area (TPSA) is 162 Å². The first-order valence-corrected chi connectivity index (χ1v) is 17.6. The lowest BCUT2D eigenvalue weighted by atomic mass is 10.0. The van der Waals surface area contributed by atoms with Gasteiger partial charge >= 0.3 is 6.09 Å². The number of halogens is 1. The van der Waals surface area contributed by atoms with Crippen LogP contribution in [0.2, 0.25) is 0 Å². The Morgan fingerprint density at radius 1 is 0.868 bits per heavy atom. The smallest absolute Gasteiger partial charge is 0.410 e. The van der Waals surface area contributed by atoms with Crippen LogP contribution in [0.4, 0.5) is 9.18 Å². The highest BCUT2D eigenvalue weighted by Gasteiger charge is 2.33. The highest BCUT2D eigenvalue weighted by atomic mass is 19.1. The maximum Gasteiger partial charge on any atom is 0.410 e. The molecule has 0 radical (unpaired) electrons. The van der Waals surface area contributed by atoms with Crippen LogP contribution in [-0.4, -0.2) is 118 Å². The number of fused-ring (bicyclic) bond motifs is 1. The van der Waals surface area contributed by atoms with E-state index < -0.39 is 17.3 Å². The van der Waals surface area contributed by atoms with Crippen LogP contribution in [0.5, 0.6) is 0 Å². The van der Waals surface area contributed by atoms with Crippen molar-refractivity contribution in [1.29, 1.82) is 0 Å². The van der Waals surface area contributed by atoms with E-state index >= 15 is 0 Å². The Balaban J connectivity index is 0.000000526. The number of nitrogens with two attached hydrogens (primary N) is 1. The molecule has 2 fully saturated rings. The summed E-state index contributed by atoms with van der Waals surface area (Å²) >= 11 is 0. The molecule has 0 aliphatic carbocycles. The van der Waals surface area contributed by atoms with Gasteiger partial charge in [0.25, 0.3) is 11.5 Å². The molecule has 2 saturated heterocycles. The molecule has 2 aliphatic heterocycles. The molecule has 280 valence electrons. The van der Waals surface area contributed by atoms with Crippen molar-refractivity contribution in [2.45, 2.75) is 45.8 Å². The van der Waals surface area contributed by atoms with Crippen LogP contribution < -0.4 is 11.3 Å². The zero-order chi connectivity index (χ0) is 38.3. The largest absolute Gasteiger partial charge is 0.444 e. The van der Waals surface area contributed by atoms with E-state index in [2.05, 4.69) is 15.1 Å². The third-order valence-electron chi connectivity index (χ3n) is 9.14. The summed E-state index contributed by atoms with van der Waals surface area (Å²) in [6.45, 7) is 10.5. The van der Waals surface area contributed by atoms with Gasteiger partial charge in [0, 0.05) is 69.2 Å². The van der Waals surface area contributed by atoms with Crippen LogP contribution in [0.25, 0.3) is 10.8 Å². The fourth-order valence-electron chi connectivity index (χ4n) is 6.27. The zero-order valence-electron chi connectivity index (χ0n) is 30.5. The van der Waals surface area contributed by atoms with E-state index in [1.165, 1.54) is 12.1 Å². The van der Waals surface area contributed by atoms with Crippen molar-refractivity contribution in [1.82, 2.24) is 29.8 Å². The van der Waals surface area contributed by atoms with Crippen molar-refractivity contribution >= 4 is 34.6 Å². The summed E-state index contributed by atoms with van der Waals surface area (Å²) < 4.78 is 20.3. The van der Waals surface area contributed by atoms with E-state index in [1.807, 2.05) is 45.9 Å². The van der Waals surface area contributed by atoms with Crippen LogP contribution in [0.15, 0.2) is 77.6 Å². The number of H-pyrrole nitrogens is 1. The number of aromatic amines is 1. The molecule has 1 aromatic heterocycles. The predicted molar refractivity (Wildman–Crippen MR) is 198 cm³/mol. The number of carbonyl (C=O) groups is 4. The minimum absolute atomic E-state index is 0.0114. The van der Waals surface area contributed by atoms with Gasteiger partial charge in [0.05, 0.1) is 23.2 Å². The summed E-state index contributed by atoms with van der Waals surface area (Å²) in [5, 5.41) is 7.92. The Kier molecular flexibility index (Phi) is 12.2. The minimum Gasteiger partial charge on any atom is -0.444 e. The molecule has 4 amide bonds. The first-order valence-electron chi connectivity index (χ1n) is 17.6. The summed E-state index contributed by atoms with van der Waals surface area (Å²) in [4.78, 5) is 68.5. The van der Waals surface area contributed by atoms with E-state index in [9.17, 15) is 28.4 Å². The molecule has 0 bridgehead atoms. The van der Waals surface area contributed by atoms with Crippen LogP contribution in [0.3, 0.4) is 0 Å². The maximum atomic E-state index is 14.9. The molecule has 0 spiro atoms. The summed E-state index contributed by atoms with van der Waals surface area (Å²) in [5.74, 6) is -1.46. The Bertz CT molecular complexity index is 2010. The Hall–Kier alpha value is -5.63. The lowest BCUT2D eigenvalue weighted by Crippen LogP contribution is -2.58. The number of nitrogens with zero attached hydrogens (tertiary/aromatic N) is 5. The number of hydrogen-bond acceptors (Lipinski definition) is 8. The molecule has 2 aliphatic rings. The maximum absolute atomic E-state index is 14.9. The first-order chi connectivity index (χ1) is 25.2. The fraction of sp³-hybridized carbons (Fsp3) is 0.385. The number of ether oxygens (including phenoxy) is 1. The third-order valence-corrected chi connectivity index (χ3v) is 9.14. The van der Waals surface area contributed by atoms with Crippen LogP contribution in [0.1, 0.15) is 59.7 Å². The summed E-state index contributed by atoms with van der Waals surface area (Å²) in [7, 11) is 0. The van der Waals surface area contributed by atoms with Gasteiger partial charge in [0.1, 0.15) is 11.4 Å². The van der Waals surface area contributed by atoms with Crippen molar-refractivity contribution in [3.8, 4) is 0 Å². The Labute approximate surface area is 307 Å². The van der Waals surface area contributed by atoms with E-state index in [-0.39, 0.29) is 41.6 Å². The van der Waals surface area contributed by atoms with Gasteiger partial charge in [-0.2, -0.15) is 5.10 Å². The van der Waals surface area contributed by atoms with Gasteiger partial charge in [0.2, 0.25) is 11.8 Å². The molecule has 3 heterocycles. The molecule has 13 nitrogen and oxygen atoms in total. The number of benzene rings is 3. The van der Waals surface area contributed by atoms with Gasteiger partial charge < -0.3 is 25.2 Å². The van der Waals surface area contributed by atoms with Crippen molar-refractivity contribution < 1.29 is 28.3 Å². The molecule has 3 aromatic carbocycles. The Morgan fingerprint density at radius 2 is 1.49 bits per heavy atom. The normalized spacial score (nSPS) is 16.5. The lowest BCUT2D eigenvalue weighted by Gasteiger charge is -2.41. The van der Waals surface area contributed by atoms with Gasteiger partial charge in [-0.3, -0.25) is 24.1 Å². The highest BCUT2D eigenvalue weighted by molar-refractivity contribution is 5.95. The van der Waals surface area contributed by atoms with E-state index in [0.717, 1.165) is 0 Å². The van der Waals surface area contributed by atoms with E-state index in [0.29, 0.717) is 79.8 Å². The van der Waals surface area contributed by atoms with Crippen molar-refractivity contribution in [2.75, 3.05) is 52.4 Å². The number of carbonyl (C=O) groups excluding carboxylic acids is 4. The molecule has 14 heteroatoms. The van der Waals surface area contributed by atoms with E-state index in [1.54, 1.807) is 57.2 Å². The van der Waals surface area contributed by atoms with Crippen molar-refractivity contribution in [2.24, 2.45) is 5.73 Å². The summed E-state index contributed by atoms with van der Waals surface area (Å²) in [6.07, 6.45) is -0.0374. The van der Waals surface area contributed by atoms with E-state index in [4.69, 9.17) is 10.5 Å². The average molecular weight is 728 g/mol. The number of nitrogens with one attached hydrogen (secondary N) is 1. The van der Waals surface area contributed by atoms with Gasteiger partial charge in [-0.15, -0.1) is 0 Å². The minimum atomic E-state index is -0.615. The number of aromatic nitrogens is 2. The van der Waals surface area contributed by atoms with Gasteiger partial charge in [-0.05, 0) is 63.6 Å². The summed E-state index contributed by atoms with van der Waals surface area (Å²) in [6, 6.07) is 20.3. The number of piperazine rings is 2. The first kappa shape index (κ1) is 38.6. The molecule has 4 aromatic rings. The number of amides is 4. The van der Waals surface area contributed by atoms with Gasteiger partial charge in [0.15, 0.2) is 0 Å². The molecular formula is C39H46FN7O6. The standard InChI is InChI=1S/C32H39FN6O5.C7H7NO/c1-21-19-39(31(43)44-32(2,3)4)16-15-38(21)20-28(40)36-11-13-37(14-12-36)30(42)25-17-22(9-10-26(25)33)18-27-23-7-5-6-8-24(23)29(41)35-34-27;8-7(9)6-4-2-1-3-5-6/h5-10,17,21H,11-16,18-20H2,1-4H3,(H,35,41);1-5H,(H2,8,9). The molecular weight excluding hydrogens is 681 g/mol. The molecule has 1 atom stereocenters. The SMILES string of the molecule is CC1CN(C(=O)OC(C)(C)C)CCN1CC(=O)N1CCN(C(=O)c2cc(Cc3n[nH]c(=O)c4ccccc34)ccc2F)CC1.NC(=O)c1ccccc1. The number of primary amides is 1. The number of rotatable bonds is 6. The average Bonchev–Trinajstić information content (AvgIpc) is 3.14. The molecule has 53 heavy (non-hydrogen) atoms. The Morgan fingerprint density at radius 3 is 2.11 bits per heavy atom. The number of hydrogen-bond donors (Lipinski definition) is 2. The van der Waals surface area contributed by atoms with Crippen LogP contribution >= 0.6 is 0 Å². The monoisotopic (exact) mass is 727 g/mol. The molecule has 0 saturated carbocycles. The summed E-state index contributed by atoms with van der Waals surface area (Å²) in [5.41, 5.74) is 5.95. The molecule has 3 N–H and O–H groups in total. The second kappa shape index (κ2) is 16.8. The second-order valence-corrected chi connectivity index (χ2v) is 14.2. The molecule has 6 rings (SSSR count). The lowest BCUT2D eigenvalue weighted by molar-refractivity contribution is -0.135. The highest BCUT2D eigenvalue weighted by Crippen LogP contribution is 2.21. The quantitative estimate of drug-likeness (QED) is 0.304.